The van der Waals surface area contributed by atoms with Gasteiger partial charge in [-0.05, 0) is 48.4 Å². The number of nitrogens with one attached hydrogen (secondary N) is 1. The fourth-order valence-electron chi connectivity index (χ4n) is 3.73. The summed E-state index contributed by atoms with van der Waals surface area (Å²) in [6.07, 6.45) is 0.737. The fraction of sp³-hybridized carbons (Fsp3) is 0.364. The number of rotatable bonds is 5. The van der Waals surface area contributed by atoms with Gasteiger partial charge in [0.15, 0.2) is 0 Å². The third kappa shape index (κ3) is 4.46. The Kier molecular flexibility index (Phi) is 5.87. The summed E-state index contributed by atoms with van der Waals surface area (Å²) in [5.74, 6) is -0.713. The number of anilines is 1. The first-order valence-electron chi connectivity index (χ1n) is 9.90. The summed E-state index contributed by atoms with van der Waals surface area (Å²) in [4.78, 5) is 29.3. The Morgan fingerprint density at radius 2 is 1.72 bits per heavy atom. The number of nitrogens with zero attached hydrogens (tertiary/aromatic N) is 2. The predicted octanol–water partition coefficient (Wildman–Crippen LogP) is 2.09. The molecule has 1 N–H and O–H groups in total. The summed E-state index contributed by atoms with van der Waals surface area (Å²) in [5, 5.41) is 2.95. The van der Waals surface area contributed by atoms with E-state index in [9.17, 15) is 14.0 Å². The van der Waals surface area contributed by atoms with Gasteiger partial charge in [0.2, 0.25) is 0 Å². The fourth-order valence-corrected chi connectivity index (χ4v) is 3.73. The molecule has 0 radical (unpaired) electrons. The summed E-state index contributed by atoms with van der Waals surface area (Å²) in [6.45, 7) is 5.13. The highest BCUT2D eigenvalue weighted by atomic mass is 19.1. The number of hydrogen-bond acceptors (Lipinski definition) is 4. The van der Waals surface area contributed by atoms with E-state index in [0.29, 0.717) is 24.2 Å². The minimum atomic E-state index is -0.376. The molecule has 0 bridgehead atoms. The van der Waals surface area contributed by atoms with Gasteiger partial charge in [-0.15, -0.1) is 0 Å². The molecule has 152 valence electrons. The third-order valence-electron chi connectivity index (χ3n) is 5.40. The van der Waals surface area contributed by atoms with Crippen LogP contribution in [0.3, 0.4) is 0 Å². The summed E-state index contributed by atoms with van der Waals surface area (Å²) < 4.78 is 18.5. The van der Waals surface area contributed by atoms with E-state index >= 15 is 0 Å². The standard InChI is InChI=1S/C22H24FN3O3/c23-19-5-3-17(4-6-19)22(28)26-9-7-16-1-2-18(15-20(16)26)21(27)24-8-10-25-11-13-29-14-12-25/h1-6,15H,7-14H2,(H,24,27). The average molecular weight is 397 g/mol. The van der Waals surface area contributed by atoms with Crippen molar-refractivity contribution < 1.29 is 18.7 Å². The third-order valence-corrected chi connectivity index (χ3v) is 5.40. The first-order chi connectivity index (χ1) is 14.1. The summed E-state index contributed by atoms with van der Waals surface area (Å²) in [7, 11) is 0. The lowest BCUT2D eigenvalue weighted by molar-refractivity contribution is 0.0383. The smallest absolute Gasteiger partial charge is 0.258 e. The number of hydrogen-bond donors (Lipinski definition) is 1. The topological polar surface area (TPSA) is 61.9 Å². The van der Waals surface area contributed by atoms with Crippen LogP contribution in [0.2, 0.25) is 0 Å². The maximum Gasteiger partial charge on any atom is 0.258 e. The van der Waals surface area contributed by atoms with Crippen LogP contribution in [0, 0.1) is 5.82 Å². The highest BCUT2D eigenvalue weighted by Crippen LogP contribution is 2.30. The lowest BCUT2D eigenvalue weighted by Crippen LogP contribution is -2.41. The molecule has 2 aromatic carbocycles. The molecule has 0 atom stereocenters. The molecule has 0 saturated carbocycles. The largest absolute Gasteiger partial charge is 0.379 e. The molecule has 2 aliphatic rings. The average Bonchev–Trinajstić information content (AvgIpc) is 3.17. The van der Waals surface area contributed by atoms with Crippen LogP contribution in [0.15, 0.2) is 42.5 Å². The Bertz CT molecular complexity index is 895. The first-order valence-corrected chi connectivity index (χ1v) is 9.90. The maximum absolute atomic E-state index is 13.2. The molecular formula is C22H24FN3O3. The lowest BCUT2D eigenvalue weighted by atomic mass is 10.1. The zero-order chi connectivity index (χ0) is 20.2. The number of benzene rings is 2. The van der Waals surface area contributed by atoms with Gasteiger partial charge in [0.25, 0.3) is 11.8 Å². The van der Waals surface area contributed by atoms with Crippen molar-refractivity contribution in [1.29, 1.82) is 0 Å². The molecule has 0 aromatic heterocycles. The van der Waals surface area contributed by atoms with Gasteiger partial charge in [0.05, 0.1) is 13.2 Å². The minimum Gasteiger partial charge on any atom is -0.379 e. The van der Waals surface area contributed by atoms with Crippen LogP contribution < -0.4 is 10.2 Å². The van der Waals surface area contributed by atoms with Crippen LogP contribution in [0.25, 0.3) is 0 Å². The number of carbonyl (C=O) groups is 2. The van der Waals surface area contributed by atoms with Gasteiger partial charge in [-0.25, -0.2) is 4.39 Å². The van der Waals surface area contributed by atoms with E-state index in [4.69, 9.17) is 4.74 Å². The van der Waals surface area contributed by atoms with Gasteiger partial charge in [0, 0.05) is 49.5 Å². The van der Waals surface area contributed by atoms with Gasteiger partial charge in [-0.2, -0.15) is 0 Å². The SMILES string of the molecule is O=C(NCCN1CCOCC1)c1ccc2c(c1)N(C(=O)c1ccc(F)cc1)CC2. The van der Waals surface area contributed by atoms with E-state index in [1.54, 1.807) is 17.0 Å². The van der Waals surface area contributed by atoms with Crippen LogP contribution in [-0.4, -0.2) is 62.7 Å². The second kappa shape index (κ2) is 8.71. The van der Waals surface area contributed by atoms with Crippen LogP contribution in [0.5, 0.6) is 0 Å². The molecule has 1 fully saturated rings. The molecule has 6 nitrogen and oxygen atoms in total. The molecule has 7 heteroatoms. The van der Waals surface area contributed by atoms with Crippen LogP contribution in [0.1, 0.15) is 26.3 Å². The van der Waals surface area contributed by atoms with Crippen molar-refractivity contribution in [3.8, 4) is 0 Å². The molecule has 2 amide bonds. The Morgan fingerprint density at radius 1 is 1.00 bits per heavy atom. The molecule has 2 aliphatic heterocycles. The zero-order valence-corrected chi connectivity index (χ0v) is 16.2. The first kappa shape index (κ1) is 19.5. The molecular weight excluding hydrogens is 373 g/mol. The summed E-state index contributed by atoms with van der Waals surface area (Å²) in [5.41, 5.74) is 2.75. The number of halogens is 1. The number of fused-ring (bicyclic) bond motifs is 1. The van der Waals surface area contributed by atoms with Gasteiger partial charge in [-0.1, -0.05) is 6.07 Å². The van der Waals surface area contributed by atoms with Crippen molar-refractivity contribution >= 4 is 17.5 Å². The Labute approximate surface area is 169 Å². The van der Waals surface area contributed by atoms with Crippen molar-refractivity contribution in [2.45, 2.75) is 6.42 Å². The van der Waals surface area contributed by atoms with E-state index in [0.717, 1.165) is 50.5 Å². The number of amides is 2. The van der Waals surface area contributed by atoms with E-state index < -0.39 is 0 Å². The molecule has 2 aromatic rings. The molecule has 1 saturated heterocycles. The van der Waals surface area contributed by atoms with Crippen molar-refractivity contribution in [2.24, 2.45) is 0 Å². The number of morpholine rings is 1. The Morgan fingerprint density at radius 3 is 2.48 bits per heavy atom. The van der Waals surface area contributed by atoms with Gasteiger partial charge < -0.3 is 15.0 Å². The number of ether oxygens (including phenoxy) is 1. The number of carbonyl (C=O) groups excluding carboxylic acids is 2. The Hall–Kier alpha value is -2.77. The quantitative estimate of drug-likeness (QED) is 0.839. The van der Waals surface area contributed by atoms with Crippen molar-refractivity contribution in [3.05, 3.63) is 65.0 Å². The van der Waals surface area contributed by atoms with E-state index in [-0.39, 0.29) is 17.6 Å². The van der Waals surface area contributed by atoms with Crippen LogP contribution in [0.4, 0.5) is 10.1 Å². The molecule has 0 spiro atoms. The highest BCUT2D eigenvalue weighted by Gasteiger charge is 2.26. The molecule has 2 heterocycles. The molecule has 29 heavy (non-hydrogen) atoms. The molecule has 0 aliphatic carbocycles. The van der Waals surface area contributed by atoms with Gasteiger partial charge in [-0.3, -0.25) is 14.5 Å². The van der Waals surface area contributed by atoms with Crippen molar-refractivity contribution in [2.75, 3.05) is 50.8 Å². The minimum absolute atomic E-state index is 0.151. The zero-order valence-electron chi connectivity index (χ0n) is 16.2. The van der Waals surface area contributed by atoms with Crippen molar-refractivity contribution in [3.63, 3.8) is 0 Å². The Balaban J connectivity index is 1.42. The second-order valence-corrected chi connectivity index (χ2v) is 7.27. The van der Waals surface area contributed by atoms with E-state index in [1.807, 2.05) is 6.07 Å². The normalized spacial score (nSPS) is 16.5. The highest BCUT2D eigenvalue weighted by molar-refractivity contribution is 6.08. The van der Waals surface area contributed by atoms with E-state index in [2.05, 4.69) is 10.2 Å². The van der Waals surface area contributed by atoms with Crippen LogP contribution in [-0.2, 0) is 11.2 Å². The monoisotopic (exact) mass is 397 g/mol. The van der Waals surface area contributed by atoms with Crippen molar-refractivity contribution in [1.82, 2.24) is 10.2 Å². The van der Waals surface area contributed by atoms with E-state index in [1.165, 1.54) is 24.3 Å². The predicted molar refractivity (Wildman–Crippen MR) is 108 cm³/mol. The van der Waals surface area contributed by atoms with Crippen LogP contribution >= 0.6 is 0 Å². The van der Waals surface area contributed by atoms with Gasteiger partial charge >= 0.3 is 0 Å². The van der Waals surface area contributed by atoms with Gasteiger partial charge in [0.1, 0.15) is 5.82 Å². The molecule has 0 unspecified atom stereocenters. The summed E-state index contributed by atoms with van der Waals surface area (Å²) >= 11 is 0. The summed E-state index contributed by atoms with van der Waals surface area (Å²) in [6, 6.07) is 11.0. The lowest BCUT2D eigenvalue weighted by Gasteiger charge is -2.26. The molecule has 4 rings (SSSR count). The maximum atomic E-state index is 13.2. The second-order valence-electron chi connectivity index (χ2n) is 7.27.